The predicted octanol–water partition coefficient (Wildman–Crippen LogP) is 3.74. The highest BCUT2D eigenvalue weighted by molar-refractivity contribution is 5.85. The number of hydrogen-bond acceptors (Lipinski definition) is 3. The van der Waals surface area contributed by atoms with Crippen molar-refractivity contribution in [2.75, 3.05) is 6.54 Å². The van der Waals surface area contributed by atoms with Crippen LogP contribution in [0.15, 0.2) is 18.2 Å². The zero-order valence-electron chi connectivity index (χ0n) is 15.3. The first-order valence-corrected chi connectivity index (χ1v) is 8.77. The van der Waals surface area contributed by atoms with Crippen LogP contribution in [0.3, 0.4) is 0 Å². The third-order valence-corrected chi connectivity index (χ3v) is 4.76. The first-order valence-electron chi connectivity index (χ1n) is 8.77. The molecule has 1 fully saturated rings. The van der Waals surface area contributed by atoms with Gasteiger partial charge in [-0.15, -0.1) is 12.4 Å². The summed E-state index contributed by atoms with van der Waals surface area (Å²) in [5.74, 6) is 1.37. The smallest absolute Gasteiger partial charge is 0.314 e. The lowest BCUT2D eigenvalue weighted by Crippen LogP contribution is -2.36. The molecular formula is C19H30ClN3O2. The minimum absolute atomic E-state index is 0. The van der Waals surface area contributed by atoms with Crippen molar-refractivity contribution in [3.05, 3.63) is 29.3 Å². The molecule has 1 aromatic carbocycles. The number of hydrogen-bond donors (Lipinski definition) is 3. The molecule has 0 spiro atoms. The number of rotatable bonds is 5. The molecule has 140 valence electrons. The Bertz CT molecular complexity index is 596. The number of halogens is 1. The molecule has 0 heterocycles. The number of benzene rings is 1. The molecule has 0 aliphatic heterocycles. The summed E-state index contributed by atoms with van der Waals surface area (Å²) in [6.07, 6.45) is 3.60. The van der Waals surface area contributed by atoms with Gasteiger partial charge in [0.25, 0.3) is 0 Å². The molecule has 0 radical (unpaired) electrons. The van der Waals surface area contributed by atoms with E-state index in [2.05, 4.69) is 25.2 Å². The van der Waals surface area contributed by atoms with Crippen LogP contribution in [-0.2, 0) is 4.79 Å². The Hall–Kier alpha value is -1.75. The molecule has 25 heavy (non-hydrogen) atoms. The molecule has 4 N–H and O–H groups in total. The fourth-order valence-corrected chi connectivity index (χ4v) is 3.26. The van der Waals surface area contributed by atoms with Crippen molar-refractivity contribution in [1.29, 1.82) is 5.41 Å². The predicted molar refractivity (Wildman–Crippen MR) is 104 cm³/mol. The van der Waals surface area contributed by atoms with E-state index in [0.717, 1.165) is 36.8 Å². The summed E-state index contributed by atoms with van der Waals surface area (Å²) in [6.45, 7) is 6.94. The average Bonchev–Trinajstić information content (AvgIpc) is 2.53. The molecule has 6 heteroatoms. The third-order valence-electron chi connectivity index (χ3n) is 4.76. The summed E-state index contributed by atoms with van der Waals surface area (Å²) in [6, 6.07) is 6.06. The van der Waals surface area contributed by atoms with Gasteiger partial charge in [0.1, 0.15) is 5.75 Å². The van der Waals surface area contributed by atoms with Crippen LogP contribution in [-0.4, -0.2) is 18.5 Å². The summed E-state index contributed by atoms with van der Waals surface area (Å²) in [4.78, 5) is 12.5. The van der Waals surface area contributed by atoms with Gasteiger partial charge in [-0.05, 0) is 61.6 Å². The summed E-state index contributed by atoms with van der Waals surface area (Å²) in [7, 11) is 0. The summed E-state index contributed by atoms with van der Waals surface area (Å²) in [5, 5.41) is 10.1. The van der Waals surface area contributed by atoms with Crippen LogP contribution in [0.2, 0.25) is 0 Å². The van der Waals surface area contributed by atoms with E-state index in [1.54, 1.807) is 0 Å². The Kier molecular flexibility index (Phi) is 8.23. The Morgan fingerprint density at radius 2 is 1.96 bits per heavy atom. The minimum atomic E-state index is -0.111. The van der Waals surface area contributed by atoms with Crippen molar-refractivity contribution in [1.82, 2.24) is 5.32 Å². The molecule has 0 amide bonds. The number of aryl methyl sites for hydroxylation is 1. The number of nitrogens with one attached hydrogen (secondary N) is 2. The lowest BCUT2D eigenvalue weighted by molar-refractivity contribution is -0.140. The summed E-state index contributed by atoms with van der Waals surface area (Å²) >= 11 is 0. The zero-order valence-corrected chi connectivity index (χ0v) is 16.1. The normalized spacial score (nSPS) is 19.8. The van der Waals surface area contributed by atoms with Gasteiger partial charge in [0.05, 0.1) is 5.92 Å². The van der Waals surface area contributed by atoms with Crippen molar-refractivity contribution in [3.63, 3.8) is 0 Å². The standard InChI is InChI=1S/C19H29N3O2.ClH/c1-12(2)16-9-4-13(3)10-17(16)24-18(23)15-7-5-14(6-8-15)11-22-19(20)21;/h4,9-10,12,14-15H,5-8,11H2,1-3H3,(H4,20,21,22);1H. The second kappa shape index (κ2) is 9.66. The van der Waals surface area contributed by atoms with Crippen LogP contribution < -0.4 is 15.8 Å². The van der Waals surface area contributed by atoms with Crippen LogP contribution in [0.1, 0.15) is 56.6 Å². The van der Waals surface area contributed by atoms with E-state index in [4.69, 9.17) is 15.9 Å². The fourth-order valence-electron chi connectivity index (χ4n) is 3.26. The van der Waals surface area contributed by atoms with E-state index in [0.29, 0.717) is 24.1 Å². The monoisotopic (exact) mass is 367 g/mol. The lowest BCUT2D eigenvalue weighted by atomic mass is 9.82. The largest absolute Gasteiger partial charge is 0.426 e. The fraction of sp³-hybridized carbons (Fsp3) is 0.579. The minimum Gasteiger partial charge on any atom is -0.426 e. The molecule has 0 unspecified atom stereocenters. The highest BCUT2D eigenvalue weighted by Crippen LogP contribution is 2.32. The molecule has 1 aromatic rings. The molecular weight excluding hydrogens is 338 g/mol. The Morgan fingerprint density at radius 1 is 1.32 bits per heavy atom. The Labute approximate surface area is 156 Å². The number of guanidine groups is 1. The van der Waals surface area contributed by atoms with Crippen molar-refractivity contribution < 1.29 is 9.53 Å². The molecule has 2 rings (SSSR count). The number of esters is 1. The lowest BCUT2D eigenvalue weighted by Gasteiger charge is -2.27. The number of nitrogens with two attached hydrogens (primary N) is 1. The Morgan fingerprint density at radius 3 is 2.52 bits per heavy atom. The van der Waals surface area contributed by atoms with Crippen molar-refractivity contribution in [3.8, 4) is 5.75 Å². The maximum atomic E-state index is 12.5. The molecule has 5 nitrogen and oxygen atoms in total. The van der Waals surface area contributed by atoms with E-state index in [-0.39, 0.29) is 30.3 Å². The third kappa shape index (κ3) is 6.24. The van der Waals surface area contributed by atoms with Crippen molar-refractivity contribution >= 4 is 24.3 Å². The molecule has 0 bridgehead atoms. The van der Waals surface area contributed by atoms with Crippen molar-refractivity contribution in [2.24, 2.45) is 17.6 Å². The van der Waals surface area contributed by atoms with Gasteiger partial charge in [0.2, 0.25) is 0 Å². The number of carbonyl (C=O) groups excluding carboxylic acids is 1. The highest BCUT2D eigenvalue weighted by Gasteiger charge is 2.28. The van der Waals surface area contributed by atoms with Gasteiger partial charge in [-0.2, -0.15) is 0 Å². The second-order valence-electron chi connectivity index (χ2n) is 7.13. The van der Waals surface area contributed by atoms with Gasteiger partial charge in [-0.1, -0.05) is 26.0 Å². The van der Waals surface area contributed by atoms with Gasteiger partial charge in [0.15, 0.2) is 5.96 Å². The Balaban J connectivity index is 0.00000312. The molecule has 0 atom stereocenters. The molecule has 0 aromatic heterocycles. The van der Waals surface area contributed by atoms with E-state index in [1.807, 2.05) is 19.1 Å². The van der Waals surface area contributed by atoms with Gasteiger partial charge in [-0.25, -0.2) is 0 Å². The molecule has 0 saturated heterocycles. The average molecular weight is 368 g/mol. The van der Waals surface area contributed by atoms with Crippen LogP contribution in [0, 0.1) is 24.2 Å². The SMILES string of the molecule is Cc1ccc(C(C)C)c(OC(=O)C2CCC(CNC(=N)N)CC2)c1.Cl. The van der Waals surface area contributed by atoms with Gasteiger partial charge < -0.3 is 15.8 Å². The van der Waals surface area contributed by atoms with Gasteiger partial charge >= 0.3 is 5.97 Å². The van der Waals surface area contributed by atoms with Gasteiger partial charge in [0, 0.05) is 6.54 Å². The van der Waals surface area contributed by atoms with Crippen LogP contribution in [0.4, 0.5) is 0 Å². The topological polar surface area (TPSA) is 88.2 Å². The maximum absolute atomic E-state index is 12.5. The zero-order chi connectivity index (χ0) is 17.7. The van der Waals surface area contributed by atoms with Crippen LogP contribution in [0.5, 0.6) is 5.75 Å². The first-order chi connectivity index (χ1) is 11.4. The summed E-state index contributed by atoms with van der Waals surface area (Å²) < 4.78 is 5.75. The van der Waals surface area contributed by atoms with E-state index >= 15 is 0 Å². The molecule has 1 aliphatic carbocycles. The van der Waals surface area contributed by atoms with E-state index < -0.39 is 0 Å². The highest BCUT2D eigenvalue weighted by atomic mass is 35.5. The first kappa shape index (κ1) is 21.3. The number of ether oxygens (including phenoxy) is 1. The van der Waals surface area contributed by atoms with E-state index in [9.17, 15) is 4.79 Å². The maximum Gasteiger partial charge on any atom is 0.314 e. The van der Waals surface area contributed by atoms with Crippen molar-refractivity contribution in [2.45, 2.75) is 52.4 Å². The van der Waals surface area contributed by atoms with Crippen LogP contribution in [0.25, 0.3) is 0 Å². The molecule has 1 saturated carbocycles. The van der Waals surface area contributed by atoms with Crippen LogP contribution >= 0.6 is 12.4 Å². The number of carbonyl (C=O) groups is 1. The molecule has 1 aliphatic rings. The second-order valence-corrected chi connectivity index (χ2v) is 7.13. The summed E-state index contributed by atoms with van der Waals surface area (Å²) in [5.41, 5.74) is 7.50. The van der Waals surface area contributed by atoms with Gasteiger partial charge in [-0.3, -0.25) is 10.2 Å². The quantitative estimate of drug-likeness (QED) is 0.320. The van der Waals surface area contributed by atoms with E-state index in [1.165, 1.54) is 0 Å².